The molecule has 0 fully saturated rings. The van der Waals surface area contributed by atoms with Gasteiger partial charge in [-0.25, -0.2) is 14.2 Å². The van der Waals surface area contributed by atoms with E-state index in [4.69, 9.17) is 18.4 Å². The molecule has 1 atom stereocenters. The van der Waals surface area contributed by atoms with Crippen LogP contribution in [0.2, 0.25) is 18.1 Å². The smallest absolute Gasteiger partial charge is 0.432 e. The van der Waals surface area contributed by atoms with Crippen LogP contribution in [-0.4, -0.2) is 66.5 Å². The molecule has 0 saturated heterocycles. The Morgan fingerprint density at radius 3 is 2.40 bits per heavy atom. The third-order valence-corrected chi connectivity index (χ3v) is 12.0. The van der Waals surface area contributed by atoms with Gasteiger partial charge in [-0.05, 0) is 61.6 Å². The summed E-state index contributed by atoms with van der Waals surface area (Å²) in [6, 6.07) is 9.68. The van der Waals surface area contributed by atoms with Crippen LogP contribution < -0.4 is 9.47 Å². The highest BCUT2D eigenvalue weighted by molar-refractivity contribution is 8.15. The molecule has 0 radical (unpaired) electrons. The van der Waals surface area contributed by atoms with Gasteiger partial charge in [0.15, 0.2) is 19.9 Å². The van der Waals surface area contributed by atoms with E-state index in [1.54, 1.807) is 44.4 Å². The van der Waals surface area contributed by atoms with Crippen LogP contribution in [0.5, 0.6) is 11.5 Å². The topological polar surface area (TPSA) is 129 Å². The number of amides is 1. The second kappa shape index (κ2) is 13.6. The van der Waals surface area contributed by atoms with Crippen LogP contribution in [0.15, 0.2) is 50.9 Å². The van der Waals surface area contributed by atoms with Crippen LogP contribution in [0.1, 0.15) is 39.1 Å². The van der Waals surface area contributed by atoms with Crippen molar-refractivity contribution in [3.05, 3.63) is 53.7 Å². The number of hydrogen-bond acceptors (Lipinski definition) is 9. The zero-order valence-corrected chi connectivity index (χ0v) is 27.1. The Balaban J connectivity index is 2.05. The van der Waals surface area contributed by atoms with Crippen molar-refractivity contribution in [2.75, 3.05) is 20.0 Å². The lowest BCUT2D eigenvalue weighted by molar-refractivity contribution is 0.129. The molecule has 1 amide bonds. The number of aryl methyl sites for hydroxylation is 1. The van der Waals surface area contributed by atoms with Crippen molar-refractivity contribution in [1.82, 2.24) is 10.1 Å². The SMILES string of the molecule is COc1cc(O[C@@H](C)CO[Si](C)(C)C(C)(C)C)c(F)c(C(=Nc2ccc(-c3noc(C)n3)cc2)C(=NC(=O)O)SC)c1. The van der Waals surface area contributed by atoms with E-state index in [0.717, 1.165) is 11.8 Å². The van der Waals surface area contributed by atoms with E-state index in [2.05, 4.69) is 54.0 Å². The maximum absolute atomic E-state index is 16.2. The number of carboxylic acid groups (broad SMARTS) is 1. The zero-order chi connectivity index (χ0) is 31.2. The molecule has 0 saturated carbocycles. The molecule has 3 aromatic rings. The Kier molecular flexibility index (Phi) is 10.7. The highest BCUT2D eigenvalue weighted by Crippen LogP contribution is 2.37. The predicted octanol–water partition coefficient (Wildman–Crippen LogP) is 7.54. The van der Waals surface area contributed by atoms with Gasteiger partial charge in [-0.3, -0.25) is 0 Å². The Bertz CT molecular complexity index is 1470. The van der Waals surface area contributed by atoms with Gasteiger partial charge in [0, 0.05) is 24.1 Å². The lowest BCUT2D eigenvalue weighted by atomic mass is 10.1. The minimum atomic E-state index is -2.05. The number of nitrogens with zero attached hydrogens (tertiary/aromatic N) is 4. The lowest BCUT2D eigenvalue weighted by Crippen LogP contribution is -2.43. The molecular formula is C29H37FN4O6SSi. The number of halogens is 1. The third-order valence-electron chi connectivity index (χ3n) is 6.80. The average molecular weight is 617 g/mol. The molecule has 1 N–H and O–H groups in total. The Labute approximate surface area is 250 Å². The Morgan fingerprint density at radius 1 is 1.21 bits per heavy atom. The second-order valence-corrected chi connectivity index (χ2v) is 16.6. The summed E-state index contributed by atoms with van der Waals surface area (Å²) >= 11 is 1.02. The maximum atomic E-state index is 16.2. The number of rotatable bonds is 10. The number of ether oxygens (including phenoxy) is 2. The number of aliphatic imine (C=N–C) groups is 2. The number of benzene rings is 2. The van der Waals surface area contributed by atoms with E-state index in [-0.39, 0.29) is 33.7 Å². The Hall–Kier alpha value is -3.55. The van der Waals surface area contributed by atoms with Crippen LogP contribution in [0.4, 0.5) is 14.9 Å². The third kappa shape index (κ3) is 8.26. The van der Waals surface area contributed by atoms with Crippen LogP contribution in [0.25, 0.3) is 11.4 Å². The summed E-state index contributed by atoms with van der Waals surface area (Å²) in [5.41, 5.74) is 1.07. The molecule has 226 valence electrons. The quantitative estimate of drug-likeness (QED) is 0.139. The standard InChI is InChI=1S/C29H37FN4O6SSi/c1-17(16-38-42(8,9)29(3,4)5)39-23-15-21(37-6)14-22(24(23)30)25(27(41-7)33-28(35)36)32-20-12-10-19(11-13-20)26-31-18(2)40-34-26/h10-15,17H,16H2,1-9H3,(H,35,36)/t17-/m0/s1. The number of hydrogen-bond donors (Lipinski definition) is 1. The molecule has 0 aliphatic heterocycles. The summed E-state index contributed by atoms with van der Waals surface area (Å²) in [7, 11) is -0.608. The number of carbonyl (C=O) groups is 1. The predicted molar refractivity (Wildman–Crippen MR) is 166 cm³/mol. The van der Waals surface area contributed by atoms with Crippen molar-refractivity contribution in [3.8, 4) is 22.9 Å². The van der Waals surface area contributed by atoms with Crippen LogP contribution in [-0.2, 0) is 4.43 Å². The fraction of sp³-hybridized carbons (Fsp3) is 0.414. The van der Waals surface area contributed by atoms with Crippen molar-refractivity contribution in [3.63, 3.8) is 0 Å². The summed E-state index contributed by atoms with van der Waals surface area (Å²) in [5.74, 6) is 0.316. The average Bonchev–Trinajstić information content (AvgIpc) is 3.36. The molecule has 0 unspecified atom stereocenters. The normalized spacial score (nSPS) is 13.7. The van der Waals surface area contributed by atoms with Crippen LogP contribution >= 0.6 is 11.8 Å². The van der Waals surface area contributed by atoms with Crippen molar-refractivity contribution in [2.45, 2.75) is 58.9 Å². The molecule has 0 aliphatic rings. The van der Waals surface area contributed by atoms with E-state index >= 15 is 4.39 Å². The summed E-state index contributed by atoms with van der Waals surface area (Å²) in [6.45, 7) is 14.4. The van der Waals surface area contributed by atoms with Crippen molar-refractivity contribution < 1.29 is 32.7 Å². The largest absolute Gasteiger partial charge is 0.497 e. The minimum absolute atomic E-state index is 0.000480. The van der Waals surface area contributed by atoms with Crippen LogP contribution in [0, 0.1) is 12.7 Å². The first-order valence-corrected chi connectivity index (χ1v) is 17.3. The fourth-order valence-electron chi connectivity index (χ4n) is 3.48. The second-order valence-electron chi connectivity index (χ2n) is 11.0. The molecule has 10 nitrogen and oxygen atoms in total. The molecule has 42 heavy (non-hydrogen) atoms. The van der Waals surface area contributed by atoms with E-state index in [1.807, 2.05) is 0 Å². The zero-order valence-electron chi connectivity index (χ0n) is 25.3. The van der Waals surface area contributed by atoms with Gasteiger partial charge in [-0.2, -0.15) is 9.98 Å². The van der Waals surface area contributed by atoms with Gasteiger partial charge in [0.2, 0.25) is 11.7 Å². The van der Waals surface area contributed by atoms with Crippen molar-refractivity contribution in [2.24, 2.45) is 9.98 Å². The van der Waals surface area contributed by atoms with E-state index < -0.39 is 26.3 Å². The summed E-state index contributed by atoms with van der Waals surface area (Å²) in [6.07, 6.45) is -0.289. The van der Waals surface area contributed by atoms with Gasteiger partial charge in [-0.15, -0.1) is 11.8 Å². The molecule has 1 heterocycles. The monoisotopic (exact) mass is 616 g/mol. The van der Waals surface area contributed by atoms with Gasteiger partial charge in [0.05, 0.1) is 19.4 Å². The highest BCUT2D eigenvalue weighted by Gasteiger charge is 2.37. The maximum Gasteiger partial charge on any atom is 0.432 e. The Morgan fingerprint density at radius 2 is 1.88 bits per heavy atom. The molecule has 13 heteroatoms. The number of thioether (sulfide) groups is 1. The number of methoxy groups -OCH3 is 1. The summed E-state index contributed by atoms with van der Waals surface area (Å²) < 4.78 is 38.9. The molecule has 0 spiro atoms. The van der Waals surface area contributed by atoms with Gasteiger partial charge in [0.25, 0.3) is 0 Å². The van der Waals surface area contributed by atoms with Crippen molar-refractivity contribution >= 4 is 42.6 Å². The van der Waals surface area contributed by atoms with Crippen LogP contribution in [0.3, 0.4) is 0 Å². The van der Waals surface area contributed by atoms with E-state index in [0.29, 0.717) is 28.7 Å². The molecule has 0 aliphatic carbocycles. The van der Waals surface area contributed by atoms with Gasteiger partial charge >= 0.3 is 6.09 Å². The lowest BCUT2D eigenvalue weighted by Gasteiger charge is -2.36. The fourth-order valence-corrected chi connectivity index (χ4v) is 5.08. The minimum Gasteiger partial charge on any atom is -0.497 e. The molecule has 1 aromatic heterocycles. The molecule has 2 aromatic carbocycles. The van der Waals surface area contributed by atoms with Gasteiger partial charge in [-0.1, -0.05) is 25.9 Å². The number of aromatic nitrogens is 2. The molecule has 0 bridgehead atoms. The van der Waals surface area contributed by atoms with Gasteiger partial charge in [0.1, 0.15) is 22.6 Å². The first-order chi connectivity index (χ1) is 19.6. The van der Waals surface area contributed by atoms with Crippen molar-refractivity contribution in [1.29, 1.82) is 0 Å². The molecular weight excluding hydrogens is 579 g/mol. The van der Waals surface area contributed by atoms with Gasteiger partial charge < -0.3 is 23.5 Å². The first kappa shape index (κ1) is 33.0. The summed E-state index contributed by atoms with van der Waals surface area (Å²) in [4.78, 5) is 24.1. The first-order valence-electron chi connectivity index (χ1n) is 13.2. The van der Waals surface area contributed by atoms with E-state index in [9.17, 15) is 9.90 Å². The summed E-state index contributed by atoms with van der Waals surface area (Å²) in [5, 5.41) is 13.3. The molecule has 3 rings (SSSR count). The highest BCUT2D eigenvalue weighted by atomic mass is 32.2. The van der Waals surface area contributed by atoms with E-state index in [1.165, 1.54) is 19.2 Å².